The fourth-order valence-corrected chi connectivity index (χ4v) is 6.00. The Hall–Kier alpha value is -2.29. The summed E-state index contributed by atoms with van der Waals surface area (Å²) >= 11 is 0. The summed E-state index contributed by atoms with van der Waals surface area (Å²) in [7, 11) is -3.68. The summed E-state index contributed by atoms with van der Waals surface area (Å²) in [5.41, 5.74) is 1.08. The van der Waals surface area contributed by atoms with Gasteiger partial charge in [0, 0.05) is 37.9 Å². The SMILES string of the molecule is Cc1cccc(S(=O)(=O)N2C[C@@H](C(=O)Nc3cccnc3)C3(CCOCC3)C2)c1. The van der Waals surface area contributed by atoms with Crippen molar-refractivity contribution in [2.24, 2.45) is 11.3 Å². The molecule has 1 spiro atoms. The van der Waals surface area contributed by atoms with E-state index in [0.29, 0.717) is 38.3 Å². The Bertz CT molecular complexity index is 988. The largest absolute Gasteiger partial charge is 0.381 e. The quantitative estimate of drug-likeness (QED) is 0.829. The van der Waals surface area contributed by atoms with Crippen molar-refractivity contribution in [2.45, 2.75) is 24.7 Å². The van der Waals surface area contributed by atoms with Crippen LogP contribution in [0.1, 0.15) is 18.4 Å². The molecule has 1 aromatic carbocycles. The number of hydrogen-bond donors (Lipinski definition) is 1. The Balaban J connectivity index is 1.63. The molecule has 1 amide bonds. The Morgan fingerprint density at radius 2 is 2.03 bits per heavy atom. The van der Waals surface area contributed by atoms with Gasteiger partial charge in [0.1, 0.15) is 0 Å². The van der Waals surface area contributed by atoms with Crippen LogP contribution < -0.4 is 5.32 Å². The Kier molecular flexibility index (Phi) is 5.42. The fourth-order valence-electron chi connectivity index (χ4n) is 4.34. The van der Waals surface area contributed by atoms with Gasteiger partial charge in [0.05, 0.1) is 22.7 Å². The molecule has 0 bridgehead atoms. The number of ether oxygens (including phenoxy) is 1. The molecule has 0 saturated carbocycles. The van der Waals surface area contributed by atoms with Crippen LogP contribution >= 0.6 is 0 Å². The lowest BCUT2D eigenvalue weighted by Gasteiger charge is -2.37. The third-order valence-electron chi connectivity index (χ3n) is 5.98. The molecular weight excluding hydrogens is 390 g/mol. The van der Waals surface area contributed by atoms with Crippen LogP contribution in [0.3, 0.4) is 0 Å². The highest BCUT2D eigenvalue weighted by Crippen LogP contribution is 2.46. The molecule has 0 radical (unpaired) electrons. The van der Waals surface area contributed by atoms with E-state index < -0.39 is 21.4 Å². The number of carbonyl (C=O) groups is 1. The Labute approximate surface area is 171 Å². The first-order valence-electron chi connectivity index (χ1n) is 9.76. The smallest absolute Gasteiger partial charge is 0.243 e. The monoisotopic (exact) mass is 415 g/mol. The van der Waals surface area contributed by atoms with Crippen molar-refractivity contribution < 1.29 is 17.9 Å². The summed E-state index contributed by atoms with van der Waals surface area (Å²) in [6, 6.07) is 10.4. The zero-order valence-electron chi connectivity index (χ0n) is 16.4. The Morgan fingerprint density at radius 1 is 1.24 bits per heavy atom. The van der Waals surface area contributed by atoms with Crippen LogP contribution in [0.4, 0.5) is 5.69 Å². The molecule has 1 N–H and O–H groups in total. The van der Waals surface area contributed by atoms with Crippen LogP contribution in [-0.2, 0) is 19.6 Å². The first-order valence-corrected chi connectivity index (χ1v) is 11.2. The molecule has 2 fully saturated rings. The normalized spacial score (nSPS) is 21.9. The zero-order chi connectivity index (χ0) is 20.5. The van der Waals surface area contributed by atoms with Crippen LogP contribution in [0.25, 0.3) is 0 Å². The maximum Gasteiger partial charge on any atom is 0.243 e. The van der Waals surface area contributed by atoms with Gasteiger partial charge in [0.2, 0.25) is 15.9 Å². The molecule has 7 nitrogen and oxygen atoms in total. The third-order valence-corrected chi connectivity index (χ3v) is 7.79. The highest BCUT2D eigenvalue weighted by molar-refractivity contribution is 7.89. The minimum absolute atomic E-state index is 0.165. The second-order valence-electron chi connectivity index (χ2n) is 7.87. The van der Waals surface area contributed by atoms with Gasteiger partial charge >= 0.3 is 0 Å². The van der Waals surface area contributed by atoms with Gasteiger partial charge in [0.15, 0.2) is 0 Å². The van der Waals surface area contributed by atoms with Crippen molar-refractivity contribution in [3.05, 3.63) is 54.4 Å². The van der Waals surface area contributed by atoms with E-state index in [9.17, 15) is 13.2 Å². The van der Waals surface area contributed by atoms with Crippen molar-refractivity contribution in [1.82, 2.24) is 9.29 Å². The van der Waals surface area contributed by atoms with Crippen molar-refractivity contribution in [3.8, 4) is 0 Å². The van der Waals surface area contributed by atoms with E-state index in [-0.39, 0.29) is 17.3 Å². The van der Waals surface area contributed by atoms with Crippen molar-refractivity contribution >= 4 is 21.6 Å². The van der Waals surface area contributed by atoms with E-state index in [0.717, 1.165) is 5.56 Å². The van der Waals surface area contributed by atoms with E-state index >= 15 is 0 Å². The van der Waals surface area contributed by atoms with E-state index in [2.05, 4.69) is 10.3 Å². The summed E-state index contributed by atoms with van der Waals surface area (Å²) in [5.74, 6) is -0.604. The number of nitrogens with one attached hydrogen (secondary N) is 1. The second kappa shape index (κ2) is 7.85. The number of sulfonamides is 1. The molecule has 2 saturated heterocycles. The van der Waals surface area contributed by atoms with Crippen molar-refractivity contribution in [3.63, 3.8) is 0 Å². The lowest BCUT2D eigenvalue weighted by molar-refractivity contribution is -0.124. The van der Waals surface area contributed by atoms with Crippen LogP contribution in [-0.4, -0.2) is 49.9 Å². The average molecular weight is 416 g/mol. The first kappa shape index (κ1) is 20.0. The zero-order valence-corrected chi connectivity index (χ0v) is 17.2. The summed E-state index contributed by atoms with van der Waals surface area (Å²) in [4.78, 5) is 17.5. The van der Waals surface area contributed by atoms with E-state index in [1.54, 1.807) is 42.7 Å². The molecule has 3 heterocycles. The molecule has 0 aliphatic carbocycles. The third kappa shape index (κ3) is 3.92. The fraction of sp³-hybridized carbons (Fsp3) is 0.429. The molecule has 4 rings (SSSR count). The number of rotatable bonds is 4. The number of aromatic nitrogens is 1. The standard InChI is InChI=1S/C21H25N3O4S/c1-16-4-2-6-18(12-16)29(26,27)24-14-19(21(15-24)7-10-28-11-8-21)20(25)23-17-5-3-9-22-13-17/h2-6,9,12-13,19H,7-8,10-11,14-15H2,1H3,(H,23,25)/t19-/m0/s1. The van der Waals surface area contributed by atoms with E-state index in [1.165, 1.54) is 4.31 Å². The Morgan fingerprint density at radius 3 is 2.72 bits per heavy atom. The topological polar surface area (TPSA) is 88.6 Å². The van der Waals surface area contributed by atoms with Gasteiger partial charge in [-0.15, -0.1) is 0 Å². The minimum atomic E-state index is -3.68. The summed E-state index contributed by atoms with van der Waals surface area (Å²) in [6.07, 6.45) is 4.56. The molecule has 1 atom stereocenters. The molecule has 1 aromatic heterocycles. The highest BCUT2D eigenvalue weighted by atomic mass is 32.2. The molecule has 154 valence electrons. The summed E-state index contributed by atoms with van der Waals surface area (Å²) in [5, 5.41) is 2.91. The molecule has 2 aromatic rings. The molecular formula is C21H25N3O4S. The lowest BCUT2D eigenvalue weighted by Crippen LogP contribution is -2.42. The molecule has 2 aliphatic rings. The minimum Gasteiger partial charge on any atom is -0.381 e. The number of hydrogen-bond acceptors (Lipinski definition) is 5. The summed E-state index contributed by atoms with van der Waals surface area (Å²) < 4.78 is 33.6. The number of aryl methyl sites for hydroxylation is 1. The van der Waals surface area contributed by atoms with Crippen molar-refractivity contribution in [2.75, 3.05) is 31.6 Å². The van der Waals surface area contributed by atoms with E-state index in [1.807, 2.05) is 13.0 Å². The number of carbonyl (C=O) groups excluding carboxylic acids is 1. The van der Waals surface area contributed by atoms with Crippen LogP contribution in [0, 0.1) is 18.3 Å². The van der Waals surface area contributed by atoms with Crippen LogP contribution in [0.2, 0.25) is 0 Å². The van der Waals surface area contributed by atoms with Gasteiger partial charge < -0.3 is 10.1 Å². The average Bonchev–Trinajstić information content (AvgIpc) is 3.09. The lowest BCUT2D eigenvalue weighted by atomic mass is 9.72. The number of anilines is 1. The second-order valence-corrected chi connectivity index (χ2v) is 9.81. The predicted octanol–water partition coefficient (Wildman–Crippen LogP) is 2.45. The van der Waals surface area contributed by atoms with Gasteiger partial charge in [-0.2, -0.15) is 4.31 Å². The molecule has 2 aliphatic heterocycles. The molecule has 8 heteroatoms. The first-order chi connectivity index (χ1) is 13.9. The number of benzene rings is 1. The number of pyridine rings is 1. The van der Waals surface area contributed by atoms with Gasteiger partial charge in [0.25, 0.3) is 0 Å². The molecule has 29 heavy (non-hydrogen) atoms. The number of amides is 1. The van der Waals surface area contributed by atoms with Crippen LogP contribution in [0.15, 0.2) is 53.7 Å². The molecule has 0 unspecified atom stereocenters. The van der Waals surface area contributed by atoms with Gasteiger partial charge in [-0.05, 0) is 49.6 Å². The van der Waals surface area contributed by atoms with Crippen LogP contribution in [0.5, 0.6) is 0 Å². The maximum absolute atomic E-state index is 13.3. The van der Waals surface area contributed by atoms with Gasteiger partial charge in [-0.3, -0.25) is 9.78 Å². The summed E-state index contributed by atoms with van der Waals surface area (Å²) in [6.45, 7) is 3.44. The van der Waals surface area contributed by atoms with Crippen molar-refractivity contribution in [1.29, 1.82) is 0 Å². The highest BCUT2D eigenvalue weighted by Gasteiger charge is 2.53. The maximum atomic E-state index is 13.3. The van der Waals surface area contributed by atoms with Gasteiger partial charge in [-0.1, -0.05) is 12.1 Å². The predicted molar refractivity (Wildman–Crippen MR) is 109 cm³/mol. The van der Waals surface area contributed by atoms with E-state index in [4.69, 9.17) is 4.74 Å². The number of nitrogens with zero attached hydrogens (tertiary/aromatic N) is 2. The van der Waals surface area contributed by atoms with Gasteiger partial charge in [-0.25, -0.2) is 8.42 Å².